The van der Waals surface area contributed by atoms with Crippen LogP contribution in [0.3, 0.4) is 0 Å². The molecule has 0 saturated carbocycles. The van der Waals surface area contributed by atoms with Crippen molar-refractivity contribution in [2.75, 3.05) is 7.05 Å². The van der Waals surface area contributed by atoms with Crippen LogP contribution in [0.5, 0.6) is 11.5 Å². The first-order chi connectivity index (χ1) is 9.51. The molecule has 20 heavy (non-hydrogen) atoms. The van der Waals surface area contributed by atoms with E-state index in [0.717, 1.165) is 17.7 Å². The Morgan fingerprint density at radius 2 is 1.80 bits per heavy atom. The van der Waals surface area contributed by atoms with Gasteiger partial charge in [-0.05, 0) is 59.7 Å². The Balaban J connectivity index is 2.25. The SMILES string of the molecule is CNC(C)c1ccc(Oc2ccc(F)cc2F)c(Br)c1. The molecule has 0 saturated heterocycles. The van der Waals surface area contributed by atoms with Crippen LogP contribution in [-0.4, -0.2) is 7.05 Å². The van der Waals surface area contributed by atoms with E-state index in [9.17, 15) is 8.78 Å². The van der Waals surface area contributed by atoms with Crippen LogP contribution in [0.2, 0.25) is 0 Å². The second-order valence-corrected chi connectivity index (χ2v) is 5.23. The topological polar surface area (TPSA) is 21.3 Å². The number of nitrogens with one attached hydrogen (secondary N) is 1. The molecule has 0 bridgehead atoms. The number of ether oxygens (including phenoxy) is 1. The molecule has 0 radical (unpaired) electrons. The summed E-state index contributed by atoms with van der Waals surface area (Å²) in [7, 11) is 1.87. The molecule has 1 atom stereocenters. The Morgan fingerprint density at radius 1 is 1.10 bits per heavy atom. The minimum atomic E-state index is -0.732. The summed E-state index contributed by atoms with van der Waals surface area (Å²) in [5.74, 6) is -0.902. The normalized spacial score (nSPS) is 12.2. The monoisotopic (exact) mass is 341 g/mol. The van der Waals surface area contributed by atoms with Crippen molar-refractivity contribution in [1.82, 2.24) is 5.32 Å². The summed E-state index contributed by atoms with van der Waals surface area (Å²) in [4.78, 5) is 0. The highest BCUT2D eigenvalue weighted by Crippen LogP contribution is 2.33. The van der Waals surface area contributed by atoms with E-state index >= 15 is 0 Å². The zero-order valence-electron chi connectivity index (χ0n) is 11.1. The van der Waals surface area contributed by atoms with Gasteiger partial charge in [0.25, 0.3) is 0 Å². The van der Waals surface area contributed by atoms with Gasteiger partial charge in [0.2, 0.25) is 0 Å². The van der Waals surface area contributed by atoms with E-state index < -0.39 is 11.6 Å². The molecule has 5 heteroatoms. The molecular formula is C15H14BrF2NO. The van der Waals surface area contributed by atoms with E-state index in [0.29, 0.717) is 10.2 Å². The lowest BCUT2D eigenvalue weighted by atomic mass is 10.1. The van der Waals surface area contributed by atoms with E-state index in [2.05, 4.69) is 21.2 Å². The molecule has 2 rings (SSSR count). The van der Waals surface area contributed by atoms with Crippen LogP contribution in [0.15, 0.2) is 40.9 Å². The Morgan fingerprint density at radius 3 is 2.40 bits per heavy atom. The third-order valence-electron chi connectivity index (χ3n) is 3.00. The van der Waals surface area contributed by atoms with Crippen LogP contribution < -0.4 is 10.1 Å². The average Bonchev–Trinajstić information content (AvgIpc) is 2.42. The van der Waals surface area contributed by atoms with Crippen molar-refractivity contribution < 1.29 is 13.5 Å². The summed E-state index contributed by atoms with van der Waals surface area (Å²) in [6.45, 7) is 2.03. The Labute approximate surface area is 124 Å². The maximum Gasteiger partial charge on any atom is 0.168 e. The molecule has 0 aliphatic heterocycles. The molecule has 0 fully saturated rings. The van der Waals surface area contributed by atoms with Gasteiger partial charge in [-0.1, -0.05) is 6.07 Å². The molecule has 1 unspecified atom stereocenters. The lowest BCUT2D eigenvalue weighted by Crippen LogP contribution is -2.12. The van der Waals surface area contributed by atoms with Gasteiger partial charge in [0.1, 0.15) is 11.6 Å². The van der Waals surface area contributed by atoms with Crippen LogP contribution in [0, 0.1) is 11.6 Å². The van der Waals surface area contributed by atoms with Crippen molar-refractivity contribution in [2.24, 2.45) is 0 Å². The summed E-state index contributed by atoms with van der Waals surface area (Å²) >= 11 is 3.39. The Bertz CT molecular complexity index is 619. The maximum absolute atomic E-state index is 13.5. The molecule has 1 N–H and O–H groups in total. The second kappa shape index (κ2) is 6.33. The molecule has 0 spiro atoms. The van der Waals surface area contributed by atoms with Gasteiger partial charge in [0.15, 0.2) is 11.6 Å². The van der Waals surface area contributed by atoms with Crippen molar-refractivity contribution in [3.63, 3.8) is 0 Å². The van der Waals surface area contributed by atoms with Gasteiger partial charge in [-0.2, -0.15) is 0 Å². The molecule has 106 valence electrons. The molecule has 2 nitrogen and oxygen atoms in total. The van der Waals surface area contributed by atoms with Crippen LogP contribution in [0.25, 0.3) is 0 Å². The van der Waals surface area contributed by atoms with Gasteiger partial charge in [-0.15, -0.1) is 0 Å². The van der Waals surface area contributed by atoms with Crippen LogP contribution in [-0.2, 0) is 0 Å². The van der Waals surface area contributed by atoms with Crippen molar-refractivity contribution in [2.45, 2.75) is 13.0 Å². The predicted molar refractivity (Wildman–Crippen MR) is 78.0 cm³/mol. The van der Waals surface area contributed by atoms with Gasteiger partial charge >= 0.3 is 0 Å². The first-order valence-corrected chi connectivity index (χ1v) is 6.90. The van der Waals surface area contributed by atoms with Gasteiger partial charge in [-0.3, -0.25) is 0 Å². The van der Waals surface area contributed by atoms with Crippen LogP contribution >= 0.6 is 15.9 Å². The Kier molecular flexibility index (Phi) is 4.73. The first-order valence-electron chi connectivity index (χ1n) is 6.11. The highest BCUT2D eigenvalue weighted by atomic mass is 79.9. The van der Waals surface area contributed by atoms with Crippen LogP contribution in [0.4, 0.5) is 8.78 Å². The number of hydrogen-bond acceptors (Lipinski definition) is 2. The highest BCUT2D eigenvalue weighted by Gasteiger charge is 2.10. The number of halogens is 3. The maximum atomic E-state index is 13.5. The van der Waals surface area contributed by atoms with E-state index in [1.807, 2.05) is 26.1 Å². The van der Waals surface area contributed by atoms with Gasteiger partial charge in [0.05, 0.1) is 4.47 Å². The van der Waals surface area contributed by atoms with Gasteiger partial charge in [0, 0.05) is 12.1 Å². The molecule has 2 aromatic rings. The third kappa shape index (κ3) is 3.35. The van der Waals surface area contributed by atoms with Crippen LogP contribution in [0.1, 0.15) is 18.5 Å². The average molecular weight is 342 g/mol. The molecule has 0 heterocycles. The lowest BCUT2D eigenvalue weighted by Gasteiger charge is -2.13. The largest absolute Gasteiger partial charge is 0.453 e. The minimum Gasteiger partial charge on any atom is -0.453 e. The quantitative estimate of drug-likeness (QED) is 0.862. The van der Waals surface area contributed by atoms with Gasteiger partial charge < -0.3 is 10.1 Å². The van der Waals surface area contributed by atoms with Crippen molar-refractivity contribution in [3.8, 4) is 11.5 Å². The standard InChI is InChI=1S/C15H14BrF2NO/c1-9(19-2)10-3-5-14(12(16)7-10)20-15-6-4-11(17)8-13(15)18/h3-9,19H,1-2H3. The smallest absolute Gasteiger partial charge is 0.168 e. The van der Waals surface area contributed by atoms with Gasteiger partial charge in [-0.25, -0.2) is 8.78 Å². The Hall–Kier alpha value is -1.46. The van der Waals surface area contributed by atoms with E-state index in [4.69, 9.17) is 4.74 Å². The fraction of sp³-hybridized carbons (Fsp3) is 0.200. The molecule has 0 aliphatic rings. The second-order valence-electron chi connectivity index (χ2n) is 4.38. The molecule has 0 aliphatic carbocycles. The summed E-state index contributed by atoms with van der Waals surface area (Å²) < 4.78 is 32.5. The third-order valence-corrected chi connectivity index (χ3v) is 3.62. The molecule has 2 aromatic carbocycles. The molecule has 0 aromatic heterocycles. The summed E-state index contributed by atoms with van der Waals surface area (Å²) in [5, 5.41) is 3.13. The van der Waals surface area contributed by atoms with Crippen molar-refractivity contribution in [3.05, 3.63) is 58.1 Å². The number of hydrogen-bond donors (Lipinski definition) is 1. The first kappa shape index (κ1) is 14.9. The summed E-state index contributed by atoms with van der Waals surface area (Å²) in [5.41, 5.74) is 1.08. The fourth-order valence-electron chi connectivity index (χ4n) is 1.71. The molecule has 0 amide bonds. The van der Waals surface area contributed by atoms with Crippen molar-refractivity contribution in [1.29, 1.82) is 0 Å². The predicted octanol–water partition coefficient (Wildman–Crippen LogP) is 4.80. The zero-order chi connectivity index (χ0) is 14.7. The number of benzene rings is 2. The lowest BCUT2D eigenvalue weighted by molar-refractivity contribution is 0.435. The zero-order valence-corrected chi connectivity index (χ0v) is 12.7. The van der Waals surface area contributed by atoms with E-state index in [1.54, 1.807) is 6.07 Å². The van der Waals surface area contributed by atoms with E-state index in [1.165, 1.54) is 6.07 Å². The van der Waals surface area contributed by atoms with E-state index in [-0.39, 0.29) is 11.8 Å². The molecular weight excluding hydrogens is 328 g/mol. The highest BCUT2D eigenvalue weighted by molar-refractivity contribution is 9.10. The summed E-state index contributed by atoms with van der Waals surface area (Å²) in [6, 6.07) is 8.95. The fourth-order valence-corrected chi connectivity index (χ4v) is 2.19. The minimum absolute atomic E-state index is 0.0125. The number of rotatable bonds is 4. The summed E-state index contributed by atoms with van der Waals surface area (Å²) in [6.07, 6.45) is 0. The van der Waals surface area contributed by atoms with Crippen molar-refractivity contribution >= 4 is 15.9 Å².